The molecule has 0 aliphatic carbocycles. The average Bonchev–Trinajstić information content (AvgIpc) is 2.12. The molecule has 86 valence electrons. The fourth-order valence-electron chi connectivity index (χ4n) is 1.52. The van der Waals surface area contributed by atoms with E-state index < -0.39 is 9.84 Å². The molecular formula is C10H23NO2S. The summed E-state index contributed by atoms with van der Waals surface area (Å²) in [6, 6.07) is 0.465. The lowest BCUT2D eigenvalue weighted by atomic mass is 10.1. The quantitative estimate of drug-likeness (QED) is 0.677. The van der Waals surface area contributed by atoms with Crippen LogP contribution in [0.15, 0.2) is 0 Å². The molecule has 1 N–H and O–H groups in total. The highest BCUT2D eigenvalue weighted by Gasteiger charge is 2.10. The van der Waals surface area contributed by atoms with Crippen LogP contribution in [0.3, 0.4) is 0 Å². The third-order valence-electron chi connectivity index (χ3n) is 2.42. The van der Waals surface area contributed by atoms with Crippen molar-refractivity contribution in [3.8, 4) is 0 Å². The lowest BCUT2D eigenvalue weighted by molar-refractivity contribution is 0.500. The molecule has 0 heterocycles. The molecular weight excluding hydrogens is 198 g/mol. The first kappa shape index (κ1) is 13.9. The summed E-state index contributed by atoms with van der Waals surface area (Å²) in [6.45, 7) is 4.02. The highest BCUT2D eigenvalue weighted by Crippen LogP contribution is 2.04. The van der Waals surface area contributed by atoms with Crippen molar-refractivity contribution in [1.29, 1.82) is 0 Å². The summed E-state index contributed by atoms with van der Waals surface area (Å²) in [6.07, 6.45) is 3.52. The van der Waals surface area contributed by atoms with Gasteiger partial charge in [0.2, 0.25) is 0 Å². The van der Waals surface area contributed by atoms with Crippen LogP contribution < -0.4 is 5.32 Å². The van der Waals surface area contributed by atoms with E-state index in [-0.39, 0.29) is 0 Å². The van der Waals surface area contributed by atoms with Crippen molar-refractivity contribution in [2.24, 2.45) is 0 Å². The molecule has 0 bridgehead atoms. The van der Waals surface area contributed by atoms with Crippen LogP contribution >= 0.6 is 0 Å². The van der Waals surface area contributed by atoms with Gasteiger partial charge in [-0.05, 0) is 32.7 Å². The SMILES string of the molecule is CCCS(=O)(=O)CCCC(CC)NC. The van der Waals surface area contributed by atoms with Gasteiger partial charge in [-0.3, -0.25) is 0 Å². The van der Waals surface area contributed by atoms with Crippen LogP contribution in [0.5, 0.6) is 0 Å². The monoisotopic (exact) mass is 221 g/mol. The molecule has 14 heavy (non-hydrogen) atoms. The van der Waals surface area contributed by atoms with Gasteiger partial charge < -0.3 is 5.32 Å². The van der Waals surface area contributed by atoms with Gasteiger partial charge in [0.15, 0.2) is 0 Å². The Hall–Kier alpha value is -0.0900. The fraction of sp³-hybridized carbons (Fsp3) is 1.00. The van der Waals surface area contributed by atoms with Crippen molar-refractivity contribution in [3.63, 3.8) is 0 Å². The molecule has 0 radical (unpaired) electrons. The first-order chi connectivity index (χ1) is 6.55. The molecule has 0 saturated heterocycles. The van der Waals surface area contributed by atoms with E-state index in [1.165, 1.54) is 0 Å². The van der Waals surface area contributed by atoms with Crippen LogP contribution in [0, 0.1) is 0 Å². The third-order valence-corrected chi connectivity index (χ3v) is 4.37. The van der Waals surface area contributed by atoms with E-state index in [1.54, 1.807) is 0 Å². The van der Waals surface area contributed by atoms with Gasteiger partial charge in [0.05, 0.1) is 5.75 Å². The number of rotatable bonds is 8. The van der Waals surface area contributed by atoms with Crippen LogP contribution in [0.25, 0.3) is 0 Å². The second-order valence-electron chi connectivity index (χ2n) is 3.69. The van der Waals surface area contributed by atoms with Crippen molar-refractivity contribution < 1.29 is 8.42 Å². The summed E-state index contributed by atoms with van der Waals surface area (Å²) in [4.78, 5) is 0. The summed E-state index contributed by atoms with van der Waals surface area (Å²) in [5.41, 5.74) is 0. The Labute approximate surface area is 88.2 Å². The standard InChI is InChI=1S/C10H23NO2S/c1-4-8-14(12,13)9-6-7-10(5-2)11-3/h10-11H,4-9H2,1-3H3. The van der Waals surface area contributed by atoms with Gasteiger partial charge in [-0.1, -0.05) is 13.8 Å². The molecule has 0 aromatic heterocycles. The van der Waals surface area contributed by atoms with Gasteiger partial charge in [-0.15, -0.1) is 0 Å². The minimum Gasteiger partial charge on any atom is -0.317 e. The van der Waals surface area contributed by atoms with Gasteiger partial charge in [0.1, 0.15) is 9.84 Å². The van der Waals surface area contributed by atoms with Crippen molar-refractivity contribution in [3.05, 3.63) is 0 Å². The molecule has 0 aromatic carbocycles. The van der Waals surface area contributed by atoms with Crippen molar-refractivity contribution in [2.45, 2.75) is 45.6 Å². The maximum atomic E-state index is 11.4. The summed E-state index contributed by atoms with van der Waals surface area (Å²) >= 11 is 0. The van der Waals surface area contributed by atoms with Crippen LogP contribution in [0.2, 0.25) is 0 Å². The second-order valence-corrected chi connectivity index (χ2v) is 5.99. The van der Waals surface area contributed by atoms with Gasteiger partial charge in [-0.2, -0.15) is 0 Å². The topological polar surface area (TPSA) is 46.2 Å². The minimum atomic E-state index is -2.77. The maximum absolute atomic E-state index is 11.4. The summed E-state index contributed by atoms with van der Waals surface area (Å²) in [5, 5.41) is 3.18. The van der Waals surface area contributed by atoms with E-state index in [9.17, 15) is 8.42 Å². The van der Waals surface area contributed by atoms with Crippen molar-refractivity contribution in [1.82, 2.24) is 5.32 Å². The van der Waals surface area contributed by atoms with Gasteiger partial charge in [0, 0.05) is 11.8 Å². The minimum absolute atomic E-state index is 0.337. The second kappa shape index (κ2) is 7.23. The Balaban J connectivity index is 3.72. The Morgan fingerprint density at radius 1 is 1.21 bits per heavy atom. The molecule has 1 unspecified atom stereocenters. The highest BCUT2D eigenvalue weighted by molar-refractivity contribution is 7.91. The summed E-state index contributed by atoms with van der Waals surface area (Å²) in [7, 11) is -0.846. The number of hydrogen-bond donors (Lipinski definition) is 1. The number of sulfone groups is 1. The molecule has 0 spiro atoms. The molecule has 1 atom stereocenters. The lowest BCUT2D eigenvalue weighted by Gasteiger charge is -2.12. The van der Waals surface area contributed by atoms with Crippen LogP contribution in [-0.2, 0) is 9.84 Å². The van der Waals surface area contributed by atoms with Gasteiger partial charge >= 0.3 is 0 Å². The largest absolute Gasteiger partial charge is 0.317 e. The predicted molar refractivity (Wildman–Crippen MR) is 61.3 cm³/mol. The zero-order valence-corrected chi connectivity index (χ0v) is 10.4. The van der Waals surface area contributed by atoms with E-state index in [0.29, 0.717) is 17.5 Å². The molecule has 0 aromatic rings. The molecule has 0 amide bonds. The van der Waals surface area contributed by atoms with E-state index in [4.69, 9.17) is 0 Å². The zero-order chi connectivity index (χ0) is 11.0. The normalized spacial score (nSPS) is 14.2. The molecule has 0 aliphatic heterocycles. The summed E-state index contributed by atoms with van der Waals surface area (Å²) < 4.78 is 22.7. The Morgan fingerprint density at radius 2 is 1.86 bits per heavy atom. The van der Waals surface area contributed by atoms with Crippen LogP contribution in [0.4, 0.5) is 0 Å². The highest BCUT2D eigenvalue weighted by atomic mass is 32.2. The predicted octanol–water partition coefficient (Wildman–Crippen LogP) is 1.59. The lowest BCUT2D eigenvalue weighted by Crippen LogP contribution is -2.25. The van der Waals surface area contributed by atoms with E-state index in [0.717, 1.165) is 25.7 Å². The molecule has 0 fully saturated rings. The van der Waals surface area contributed by atoms with Gasteiger partial charge in [0.25, 0.3) is 0 Å². The molecule has 4 heteroatoms. The Kier molecular flexibility index (Phi) is 7.19. The number of hydrogen-bond acceptors (Lipinski definition) is 3. The smallest absolute Gasteiger partial charge is 0.150 e. The summed E-state index contributed by atoms with van der Waals surface area (Å²) in [5.74, 6) is 0.683. The van der Waals surface area contributed by atoms with Crippen molar-refractivity contribution >= 4 is 9.84 Å². The molecule has 3 nitrogen and oxygen atoms in total. The first-order valence-corrected chi connectivity index (χ1v) is 7.25. The Bertz CT molecular complexity index is 220. The maximum Gasteiger partial charge on any atom is 0.150 e. The van der Waals surface area contributed by atoms with Crippen LogP contribution in [-0.4, -0.2) is 33.0 Å². The number of nitrogens with one attached hydrogen (secondary N) is 1. The van der Waals surface area contributed by atoms with E-state index in [1.807, 2.05) is 14.0 Å². The van der Waals surface area contributed by atoms with E-state index in [2.05, 4.69) is 12.2 Å². The first-order valence-electron chi connectivity index (χ1n) is 5.43. The molecule has 0 aliphatic rings. The van der Waals surface area contributed by atoms with Gasteiger partial charge in [-0.25, -0.2) is 8.42 Å². The Morgan fingerprint density at radius 3 is 2.29 bits per heavy atom. The fourth-order valence-corrected chi connectivity index (χ4v) is 2.95. The zero-order valence-electron chi connectivity index (χ0n) is 9.54. The molecule has 0 rings (SSSR count). The third kappa shape index (κ3) is 6.38. The van der Waals surface area contributed by atoms with E-state index >= 15 is 0 Å². The molecule has 0 saturated carbocycles. The average molecular weight is 221 g/mol. The van der Waals surface area contributed by atoms with Crippen LogP contribution in [0.1, 0.15) is 39.5 Å². The van der Waals surface area contributed by atoms with Crippen molar-refractivity contribution in [2.75, 3.05) is 18.6 Å².